The average Bonchev–Trinajstić information content (AvgIpc) is 3.05. The van der Waals surface area contributed by atoms with Gasteiger partial charge in [-0.2, -0.15) is 0 Å². The monoisotopic (exact) mass is 400 g/mol. The van der Waals surface area contributed by atoms with Crippen LogP contribution < -0.4 is 15.8 Å². The normalized spacial score (nSPS) is 24.7. The smallest absolute Gasteiger partial charge is 0.171 e. The van der Waals surface area contributed by atoms with Crippen molar-refractivity contribution >= 4 is 40.1 Å². The molecular formula is C19H21ClN6S. The zero-order chi connectivity index (χ0) is 19.0. The van der Waals surface area contributed by atoms with Crippen LogP contribution in [0.1, 0.15) is 18.2 Å². The Balaban J connectivity index is 1.71. The van der Waals surface area contributed by atoms with Crippen LogP contribution in [0.3, 0.4) is 0 Å². The van der Waals surface area contributed by atoms with Crippen LogP contribution >= 0.6 is 23.4 Å². The molecule has 0 bridgehead atoms. The number of hydrazine groups is 1. The predicted molar refractivity (Wildman–Crippen MR) is 112 cm³/mol. The van der Waals surface area contributed by atoms with Gasteiger partial charge in [-0.15, -0.1) is 0 Å². The molecular weight excluding hydrogens is 380 g/mol. The molecule has 0 radical (unpaired) electrons. The number of aromatic nitrogens is 1. The van der Waals surface area contributed by atoms with E-state index in [-0.39, 0.29) is 18.1 Å². The molecule has 140 valence electrons. The van der Waals surface area contributed by atoms with Gasteiger partial charge in [-0.1, -0.05) is 35.5 Å². The molecule has 2 aliphatic rings. The number of halogens is 1. The molecule has 8 heteroatoms. The second-order valence-electron chi connectivity index (χ2n) is 6.67. The summed E-state index contributed by atoms with van der Waals surface area (Å²) in [6, 6.07) is 11.8. The molecule has 1 aromatic heterocycles. The number of hydrogen-bond acceptors (Lipinski definition) is 6. The molecule has 6 nitrogen and oxygen atoms in total. The van der Waals surface area contributed by atoms with Crippen LogP contribution in [0.4, 0.5) is 5.69 Å². The van der Waals surface area contributed by atoms with Crippen molar-refractivity contribution in [1.29, 1.82) is 5.41 Å². The molecule has 3 atom stereocenters. The number of amidine groups is 2. The average molecular weight is 401 g/mol. The summed E-state index contributed by atoms with van der Waals surface area (Å²) in [5.41, 5.74) is 9.24. The topological polar surface area (TPSA) is 76.4 Å². The fourth-order valence-electron chi connectivity index (χ4n) is 3.39. The number of nitrogens with zero attached hydrogens (tertiary/aromatic N) is 3. The van der Waals surface area contributed by atoms with Gasteiger partial charge in [0.1, 0.15) is 12.0 Å². The van der Waals surface area contributed by atoms with Gasteiger partial charge in [-0.05, 0) is 43.7 Å². The number of thioether (sulfide) groups is 1. The first-order valence-electron chi connectivity index (χ1n) is 8.81. The maximum absolute atomic E-state index is 8.92. The van der Waals surface area contributed by atoms with Gasteiger partial charge in [-0.3, -0.25) is 20.7 Å². The lowest BCUT2D eigenvalue weighted by atomic mass is 9.96. The minimum absolute atomic E-state index is 0.0393. The third-order valence-corrected chi connectivity index (χ3v) is 6.29. The zero-order valence-corrected chi connectivity index (χ0v) is 16.7. The number of nitrogens with one attached hydrogen (secondary N) is 3. The minimum Gasteiger partial charge on any atom is -0.287 e. The molecule has 3 heterocycles. The predicted octanol–water partition coefficient (Wildman–Crippen LogP) is 3.57. The lowest BCUT2D eigenvalue weighted by molar-refractivity contribution is 0.536. The first-order valence-corrected chi connectivity index (χ1v) is 10.2. The van der Waals surface area contributed by atoms with Crippen molar-refractivity contribution in [1.82, 2.24) is 15.8 Å². The zero-order valence-electron chi connectivity index (χ0n) is 15.1. The van der Waals surface area contributed by atoms with Crippen LogP contribution in [-0.2, 0) is 5.75 Å². The molecule has 1 saturated heterocycles. The molecule has 3 N–H and O–H groups in total. The lowest BCUT2D eigenvalue weighted by Crippen LogP contribution is -2.50. The minimum atomic E-state index is -0.144. The summed E-state index contributed by atoms with van der Waals surface area (Å²) in [6.07, 6.45) is 1.65. The van der Waals surface area contributed by atoms with Gasteiger partial charge in [0, 0.05) is 23.0 Å². The molecule has 2 aliphatic heterocycles. The number of benzene rings is 1. The Morgan fingerprint density at radius 3 is 2.85 bits per heavy atom. The third-order valence-electron chi connectivity index (χ3n) is 4.89. The Morgan fingerprint density at radius 1 is 1.22 bits per heavy atom. The lowest BCUT2D eigenvalue weighted by Gasteiger charge is -2.36. The Morgan fingerprint density at radius 2 is 2.07 bits per heavy atom. The summed E-state index contributed by atoms with van der Waals surface area (Å²) in [5.74, 6) is 1.17. The van der Waals surface area contributed by atoms with Gasteiger partial charge in [0.15, 0.2) is 5.17 Å². The van der Waals surface area contributed by atoms with Gasteiger partial charge in [0.25, 0.3) is 0 Å². The maximum atomic E-state index is 8.92. The number of fused-ring (bicyclic) bond motifs is 1. The standard InChI is InChI=1S/C19H21ClN6S/c1-11-14(20)7-5-8-15(11)26-17(21)16-12(2)24-25-18(16)23-19(26)27-10-13-6-3-4-9-22-13/h3-9,12,16,18,21,24-25H,10H2,1-2H3. The summed E-state index contributed by atoms with van der Waals surface area (Å²) >= 11 is 7.95. The molecule has 0 spiro atoms. The molecule has 27 heavy (non-hydrogen) atoms. The van der Waals surface area contributed by atoms with Crippen molar-refractivity contribution in [2.45, 2.75) is 31.8 Å². The fraction of sp³-hybridized carbons (Fsp3) is 0.316. The Labute approximate surface area is 167 Å². The molecule has 4 rings (SSSR count). The van der Waals surface area contributed by atoms with E-state index in [0.29, 0.717) is 16.6 Å². The van der Waals surface area contributed by atoms with Gasteiger partial charge in [0.05, 0.1) is 17.3 Å². The molecule has 3 unspecified atom stereocenters. The van der Waals surface area contributed by atoms with Crippen molar-refractivity contribution in [3.05, 3.63) is 58.9 Å². The second-order valence-corrected chi connectivity index (χ2v) is 8.02. The van der Waals surface area contributed by atoms with Crippen LogP contribution in [0, 0.1) is 18.3 Å². The van der Waals surface area contributed by atoms with Crippen LogP contribution in [0.15, 0.2) is 47.6 Å². The van der Waals surface area contributed by atoms with E-state index < -0.39 is 0 Å². The first-order chi connectivity index (χ1) is 13.1. The van der Waals surface area contributed by atoms with Gasteiger partial charge in [-0.25, -0.2) is 10.4 Å². The Bertz CT molecular complexity index is 887. The summed E-state index contributed by atoms with van der Waals surface area (Å²) in [6.45, 7) is 4.05. The fourth-order valence-corrected chi connectivity index (χ4v) is 4.52. The van der Waals surface area contributed by atoms with Crippen molar-refractivity contribution in [3.8, 4) is 0 Å². The number of aliphatic imine (C=N–C) groups is 1. The summed E-state index contributed by atoms with van der Waals surface area (Å²) in [7, 11) is 0. The van der Waals surface area contributed by atoms with E-state index in [9.17, 15) is 0 Å². The summed E-state index contributed by atoms with van der Waals surface area (Å²) in [5, 5.41) is 10.4. The van der Waals surface area contributed by atoms with Gasteiger partial charge >= 0.3 is 0 Å². The van der Waals surface area contributed by atoms with E-state index >= 15 is 0 Å². The number of hydrogen-bond donors (Lipinski definition) is 3. The SMILES string of the molecule is Cc1c(Cl)cccc1N1C(=N)C2C(C)NNC2N=C1SCc1ccccn1. The molecule has 1 aromatic carbocycles. The largest absolute Gasteiger partial charge is 0.287 e. The Kier molecular flexibility index (Phi) is 5.19. The maximum Gasteiger partial charge on any atom is 0.171 e. The highest BCUT2D eigenvalue weighted by atomic mass is 35.5. The molecule has 2 aromatic rings. The van der Waals surface area contributed by atoms with E-state index in [1.807, 2.05) is 48.2 Å². The summed E-state index contributed by atoms with van der Waals surface area (Å²) in [4.78, 5) is 11.2. The van der Waals surface area contributed by atoms with Gasteiger partial charge < -0.3 is 0 Å². The Hall–Kier alpha value is -1.93. The second kappa shape index (κ2) is 7.59. The summed E-state index contributed by atoms with van der Waals surface area (Å²) < 4.78 is 0. The molecule has 0 saturated carbocycles. The first kappa shape index (κ1) is 18.4. The van der Waals surface area contributed by atoms with Crippen molar-refractivity contribution in [3.63, 3.8) is 0 Å². The third kappa shape index (κ3) is 3.48. The van der Waals surface area contributed by atoms with E-state index in [4.69, 9.17) is 22.0 Å². The van der Waals surface area contributed by atoms with Crippen LogP contribution in [0.2, 0.25) is 5.02 Å². The molecule has 0 amide bonds. The van der Waals surface area contributed by atoms with Gasteiger partial charge in [0.2, 0.25) is 0 Å². The van der Waals surface area contributed by atoms with E-state index in [1.165, 1.54) is 0 Å². The van der Waals surface area contributed by atoms with E-state index in [2.05, 4.69) is 22.8 Å². The van der Waals surface area contributed by atoms with E-state index in [1.54, 1.807) is 18.0 Å². The molecule has 1 fully saturated rings. The highest BCUT2D eigenvalue weighted by Gasteiger charge is 2.44. The number of rotatable bonds is 3. The van der Waals surface area contributed by atoms with Crippen molar-refractivity contribution in [2.24, 2.45) is 10.9 Å². The highest BCUT2D eigenvalue weighted by Crippen LogP contribution is 2.35. The van der Waals surface area contributed by atoms with Crippen LogP contribution in [0.25, 0.3) is 0 Å². The highest BCUT2D eigenvalue weighted by molar-refractivity contribution is 8.13. The quantitative estimate of drug-likeness (QED) is 0.734. The van der Waals surface area contributed by atoms with E-state index in [0.717, 1.165) is 22.1 Å². The van der Waals surface area contributed by atoms with Crippen molar-refractivity contribution in [2.75, 3.05) is 4.90 Å². The van der Waals surface area contributed by atoms with Crippen molar-refractivity contribution < 1.29 is 0 Å². The van der Waals surface area contributed by atoms with Crippen LogP contribution in [-0.4, -0.2) is 28.2 Å². The number of anilines is 1. The number of pyridine rings is 1. The van der Waals surface area contributed by atoms with Crippen LogP contribution in [0.5, 0.6) is 0 Å². The molecule has 0 aliphatic carbocycles.